The Kier molecular flexibility index (Phi) is 4.36. The molecule has 146 valence electrons. The predicted molar refractivity (Wildman–Crippen MR) is 102 cm³/mol. The van der Waals surface area contributed by atoms with E-state index in [0.29, 0.717) is 36.2 Å². The molecule has 0 atom stereocenters. The number of carbonyl (C=O) groups is 1. The Labute approximate surface area is 165 Å². The summed E-state index contributed by atoms with van der Waals surface area (Å²) >= 11 is 0. The van der Waals surface area contributed by atoms with E-state index in [4.69, 9.17) is 18.7 Å². The second kappa shape index (κ2) is 7.31. The highest BCUT2D eigenvalue weighted by Crippen LogP contribution is 2.34. The van der Waals surface area contributed by atoms with Gasteiger partial charge in [-0.15, -0.1) is 0 Å². The summed E-state index contributed by atoms with van der Waals surface area (Å²) in [5, 5.41) is 3.98. The Morgan fingerprint density at radius 1 is 1.07 bits per heavy atom. The second-order valence-electron chi connectivity index (χ2n) is 6.56. The lowest BCUT2D eigenvalue weighted by Gasteiger charge is -2.18. The number of nitrogens with zero attached hydrogens (tertiary/aromatic N) is 3. The first-order chi connectivity index (χ1) is 14.3. The van der Waals surface area contributed by atoms with E-state index in [9.17, 15) is 4.79 Å². The van der Waals surface area contributed by atoms with Gasteiger partial charge in [0.05, 0.1) is 17.4 Å². The van der Waals surface area contributed by atoms with Crippen LogP contribution in [-0.4, -0.2) is 33.9 Å². The summed E-state index contributed by atoms with van der Waals surface area (Å²) in [5.74, 6) is 1.57. The number of fused-ring (bicyclic) bond motifs is 2. The summed E-state index contributed by atoms with van der Waals surface area (Å²) < 4.78 is 23.6. The Morgan fingerprint density at radius 2 is 1.93 bits per heavy atom. The maximum Gasteiger partial charge on any atom is 0.326 e. The van der Waals surface area contributed by atoms with Crippen molar-refractivity contribution in [1.82, 2.24) is 14.7 Å². The van der Waals surface area contributed by atoms with E-state index in [0.717, 1.165) is 16.6 Å². The van der Waals surface area contributed by atoms with Gasteiger partial charge in [0, 0.05) is 11.6 Å². The van der Waals surface area contributed by atoms with E-state index in [-0.39, 0.29) is 19.1 Å². The monoisotopic (exact) mass is 391 g/mol. The molecule has 0 saturated carbocycles. The Morgan fingerprint density at radius 3 is 2.86 bits per heavy atom. The first-order valence-corrected chi connectivity index (χ1v) is 9.17. The molecule has 4 aromatic rings. The van der Waals surface area contributed by atoms with Gasteiger partial charge in [-0.3, -0.25) is 4.79 Å². The Balaban J connectivity index is 1.23. The van der Waals surface area contributed by atoms with Crippen LogP contribution < -0.4 is 9.47 Å². The zero-order valence-electron chi connectivity index (χ0n) is 15.4. The molecule has 0 N–H and O–H groups in total. The molecule has 8 nitrogen and oxygen atoms in total. The van der Waals surface area contributed by atoms with Crippen LogP contribution in [-0.2, 0) is 22.7 Å². The molecule has 3 heterocycles. The van der Waals surface area contributed by atoms with Crippen molar-refractivity contribution in [2.75, 3.05) is 13.2 Å². The molecule has 2 aromatic heterocycles. The van der Waals surface area contributed by atoms with E-state index in [1.165, 1.54) is 0 Å². The fourth-order valence-electron chi connectivity index (χ4n) is 3.19. The molecule has 0 spiro atoms. The molecule has 0 saturated heterocycles. The van der Waals surface area contributed by atoms with Crippen LogP contribution in [0.15, 0.2) is 59.4 Å². The number of para-hydroxylation sites is 2. The predicted octanol–water partition coefficient (Wildman–Crippen LogP) is 3.21. The minimum absolute atomic E-state index is 0.0273. The summed E-state index contributed by atoms with van der Waals surface area (Å²) in [6.45, 7) is 1.16. The van der Waals surface area contributed by atoms with E-state index < -0.39 is 0 Å². The van der Waals surface area contributed by atoms with E-state index >= 15 is 0 Å². The Hall–Kier alpha value is -3.81. The lowest BCUT2D eigenvalue weighted by molar-refractivity contribution is -0.145. The van der Waals surface area contributed by atoms with Gasteiger partial charge in [0.25, 0.3) is 0 Å². The lowest BCUT2D eigenvalue weighted by Crippen LogP contribution is -2.15. The van der Waals surface area contributed by atoms with Crippen LogP contribution in [0.4, 0.5) is 0 Å². The number of rotatable bonds is 5. The van der Waals surface area contributed by atoms with Gasteiger partial charge in [-0.2, -0.15) is 0 Å². The number of hydrogen-bond acceptors (Lipinski definition) is 7. The van der Waals surface area contributed by atoms with Gasteiger partial charge in [-0.1, -0.05) is 17.3 Å². The van der Waals surface area contributed by atoms with Crippen LogP contribution in [0.2, 0.25) is 0 Å². The van der Waals surface area contributed by atoms with Crippen molar-refractivity contribution in [2.45, 2.75) is 13.2 Å². The SMILES string of the molecule is O=C(Cn1cnc2ccccc21)OCc1cc(-c2ccc3c(c2)OCCO3)on1. The van der Waals surface area contributed by atoms with Gasteiger partial charge in [-0.05, 0) is 30.3 Å². The summed E-state index contributed by atoms with van der Waals surface area (Å²) in [7, 11) is 0. The van der Waals surface area contributed by atoms with E-state index in [1.807, 2.05) is 42.5 Å². The maximum atomic E-state index is 12.2. The molecule has 0 amide bonds. The molecular formula is C21H17N3O5. The number of carbonyl (C=O) groups excluding carboxylic acids is 1. The largest absolute Gasteiger partial charge is 0.486 e. The molecule has 2 aromatic carbocycles. The van der Waals surface area contributed by atoms with Gasteiger partial charge in [0.2, 0.25) is 0 Å². The quantitative estimate of drug-likeness (QED) is 0.483. The average molecular weight is 391 g/mol. The fraction of sp³-hybridized carbons (Fsp3) is 0.190. The van der Waals surface area contributed by atoms with Crippen molar-refractivity contribution >= 4 is 17.0 Å². The van der Waals surface area contributed by atoms with Crippen molar-refractivity contribution < 1.29 is 23.5 Å². The number of imidazole rings is 1. The van der Waals surface area contributed by atoms with Gasteiger partial charge in [0.15, 0.2) is 17.3 Å². The van der Waals surface area contributed by atoms with Crippen molar-refractivity contribution in [3.05, 3.63) is 60.6 Å². The minimum Gasteiger partial charge on any atom is -0.486 e. The maximum absolute atomic E-state index is 12.2. The molecule has 5 rings (SSSR count). The van der Waals surface area contributed by atoms with Crippen LogP contribution in [0.25, 0.3) is 22.4 Å². The molecule has 29 heavy (non-hydrogen) atoms. The molecule has 0 fully saturated rings. The highest BCUT2D eigenvalue weighted by Gasteiger charge is 2.15. The fourth-order valence-corrected chi connectivity index (χ4v) is 3.19. The van der Waals surface area contributed by atoms with Crippen LogP contribution in [0, 0.1) is 0 Å². The van der Waals surface area contributed by atoms with Crippen molar-refractivity contribution in [3.8, 4) is 22.8 Å². The molecule has 0 radical (unpaired) electrons. The van der Waals surface area contributed by atoms with Crippen molar-refractivity contribution in [1.29, 1.82) is 0 Å². The molecule has 1 aliphatic heterocycles. The molecule has 0 aliphatic carbocycles. The van der Waals surface area contributed by atoms with Gasteiger partial charge in [0.1, 0.15) is 32.1 Å². The van der Waals surface area contributed by atoms with E-state index in [2.05, 4.69) is 10.1 Å². The molecule has 1 aliphatic rings. The number of aromatic nitrogens is 3. The lowest BCUT2D eigenvalue weighted by atomic mass is 10.1. The van der Waals surface area contributed by atoms with E-state index in [1.54, 1.807) is 17.0 Å². The highest BCUT2D eigenvalue weighted by molar-refractivity contribution is 5.78. The number of benzene rings is 2. The minimum atomic E-state index is -0.378. The summed E-state index contributed by atoms with van der Waals surface area (Å²) in [4.78, 5) is 16.5. The van der Waals surface area contributed by atoms with Gasteiger partial charge in [-0.25, -0.2) is 4.98 Å². The molecule has 8 heteroatoms. The first-order valence-electron chi connectivity index (χ1n) is 9.17. The smallest absolute Gasteiger partial charge is 0.326 e. The number of hydrogen-bond donors (Lipinski definition) is 0. The third kappa shape index (κ3) is 3.52. The summed E-state index contributed by atoms with van der Waals surface area (Å²) in [5.41, 5.74) is 3.05. The van der Waals surface area contributed by atoms with Crippen molar-refractivity contribution in [3.63, 3.8) is 0 Å². The number of esters is 1. The standard InChI is InChI=1S/C21H17N3O5/c25-21(11-24-13-22-16-3-1-2-4-17(16)24)28-12-15-10-19(29-23-15)14-5-6-18-20(9-14)27-8-7-26-18/h1-6,9-10,13H,7-8,11-12H2. The van der Waals surface area contributed by atoms with Crippen LogP contribution in [0.3, 0.4) is 0 Å². The Bertz CT molecular complexity index is 1180. The topological polar surface area (TPSA) is 88.6 Å². The zero-order valence-corrected chi connectivity index (χ0v) is 15.4. The molecular weight excluding hydrogens is 374 g/mol. The third-order valence-corrected chi connectivity index (χ3v) is 4.59. The average Bonchev–Trinajstić information content (AvgIpc) is 3.40. The zero-order chi connectivity index (χ0) is 19.6. The van der Waals surface area contributed by atoms with Crippen LogP contribution in [0.1, 0.15) is 5.69 Å². The van der Waals surface area contributed by atoms with Gasteiger partial charge >= 0.3 is 5.97 Å². The first kappa shape index (κ1) is 17.3. The normalized spacial score (nSPS) is 12.8. The number of ether oxygens (including phenoxy) is 3. The van der Waals surface area contributed by atoms with Crippen LogP contribution >= 0.6 is 0 Å². The summed E-state index contributed by atoms with van der Waals surface area (Å²) in [6.07, 6.45) is 1.63. The van der Waals surface area contributed by atoms with Crippen molar-refractivity contribution in [2.24, 2.45) is 0 Å². The highest BCUT2D eigenvalue weighted by atomic mass is 16.6. The summed E-state index contributed by atoms with van der Waals surface area (Å²) in [6, 6.07) is 14.9. The third-order valence-electron chi connectivity index (χ3n) is 4.59. The van der Waals surface area contributed by atoms with Gasteiger partial charge < -0.3 is 23.3 Å². The molecule has 0 unspecified atom stereocenters. The second-order valence-corrected chi connectivity index (χ2v) is 6.56. The van der Waals surface area contributed by atoms with Crippen LogP contribution in [0.5, 0.6) is 11.5 Å². The molecule has 0 bridgehead atoms.